The number of benzene rings is 2. The molecule has 136 valence electrons. The first-order valence-corrected chi connectivity index (χ1v) is 8.72. The fraction of sp³-hybridized carbons (Fsp3) is 0.350. The summed E-state index contributed by atoms with van der Waals surface area (Å²) in [5.74, 6) is 0.290. The van der Waals surface area contributed by atoms with Gasteiger partial charge in [0.15, 0.2) is 17.8 Å². The minimum absolute atomic E-state index is 0.0683. The Bertz CT molecular complexity index is 932. The average molecular weight is 356 g/mol. The smallest absolute Gasteiger partial charge is 0.173 e. The van der Waals surface area contributed by atoms with E-state index in [1.54, 1.807) is 13.2 Å². The Morgan fingerprint density at radius 1 is 1.15 bits per heavy atom. The Kier molecular flexibility index (Phi) is 4.51. The first-order valence-electron chi connectivity index (χ1n) is 8.72. The van der Waals surface area contributed by atoms with E-state index in [1.165, 1.54) is 13.2 Å². The normalized spacial score (nSPS) is 17.4. The number of nitrogens with zero attached hydrogens (tertiary/aromatic N) is 2. The van der Waals surface area contributed by atoms with Crippen molar-refractivity contribution in [1.29, 1.82) is 0 Å². The van der Waals surface area contributed by atoms with Crippen molar-refractivity contribution in [2.45, 2.75) is 25.5 Å². The van der Waals surface area contributed by atoms with Crippen molar-refractivity contribution in [2.24, 2.45) is 0 Å². The molecular formula is C20H21FN2O3. The number of ether oxygens (including phenoxy) is 3. The predicted molar refractivity (Wildman–Crippen MR) is 97.1 cm³/mol. The van der Waals surface area contributed by atoms with Crippen LogP contribution in [0.2, 0.25) is 0 Å². The summed E-state index contributed by atoms with van der Waals surface area (Å²) in [6.07, 6.45) is 4.88. The summed E-state index contributed by atoms with van der Waals surface area (Å²) in [4.78, 5) is 0. The lowest BCUT2D eigenvalue weighted by Gasteiger charge is -2.23. The Balaban J connectivity index is 1.82. The zero-order valence-corrected chi connectivity index (χ0v) is 14.9. The molecule has 1 aromatic heterocycles. The van der Waals surface area contributed by atoms with Gasteiger partial charge in [-0.2, -0.15) is 5.10 Å². The van der Waals surface area contributed by atoms with E-state index in [2.05, 4.69) is 5.10 Å². The molecule has 0 spiro atoms. The van der Waals surface area contributed by atoms with Gasteiger partial charge in [-0.1, -0.05) is 12.1 Å². The van der Waals surface area contributed by atoms with Crippen molar-refractivity contribution < 1.29 is 18.6 Å². The average Bonchev–Trinajstić information content (AvgIpc) is 3.12. The summed E-state index contributed by atoms with van der Waals surface area (Å²) in [6.45, 7) is 0.743. The van der Waals surface area contributed by atoms with Crippen LogP contribution in [-0.2, 0) is 4.74 Å². The van der Waals surface area contributed by atoms with Crippen LogP contribution in [-0.4, -0.2) is 30.6 Å². The molecule has 1 atom stereocenters. The maximum absolute atomic E-state index is 14.8. The van der Waals surface area contributed by atoms with Gasteiger partial charge in [-0.3, -0.25) is 0 Å². The van der Waals surface area contributed by atoms with Crippen LogP contribution in [0, 0.1) is 5.82 Å². The molecule has 0 radical (unpaired) electrons. The zero-order valence-electron chi connectivity index (χ0n) is 14.9. The van der Waals surface area contributed by atoms with Gasteiger partial charge in [0.2, 0.25) is 0 Å². The maximum atomic E-state index is 14.8. The van der Waals surface area contributed by atoms with Gasteiger partial charge in [-0.25, -0.2) is 9.07 Å². The molecule has 0 bridgehead atoms. The van der Waals surface area contributed by atoms with Gasteiger partial charge in [0, 0.05) is 23.6 Å². The molecule has 1 unspecified atom stereocenters. The quantitative estimate of drug-likeness (QED) is 0.687. The SMILES string of the molecule is COc1cc(OC)c(F)c(-c2ccc3cnn(C4CCCCO4)c3c2)c1. The van der Waals surface area contributed by atoms with E-state index in [1.807, 2.05) is 29.1 Å². The van der Waals surface area contributed by atoms with Gasteiger partial charge < -0.3 is 14.2 Å². The fourth-order valence-corrected chi connectivity index (χ4v) is 3.40. The van der Waals surface area contributed by atoms with Crippen LogP contribution in [0.3, 0.4) is 0 Å². The van der Waals surface area contributed by atoms with Gasteiger partial charge in [0.1, 0.15) is 5.75 Å². The van der Waals surface area contributed by atoms with Gasteiger partial charge in [-0.15, -0.1) is 0 Å². The van der Waals surface area contributed by atoms with E-state index in [4.69, 9.17) is 14.2 Å². The second-order valence-corrected chi connectivity index (χ2v) is 6.38. The van der Waals surface area contributed by atoms with Crippen LogP contribution in [0.25, 0.3) is 22.0 Å². The number of methoxy groups -OCH3 is 2. The van der Waals surface area contributed by atoms with Crippen LogP contribution in [0.4, 0.5) is 4.39 Å². The summed E-state index contributed by atoms with van der Waals surface area (Å²) in [6, 6.07) is 8.99. The lowest BCUT2D eigenvalue weighted by molar-refractivity contribution is -0.0366. The van der Waals surface area contributed by atoms with Crippen molar-refractivity contribution >= 4 is 10.9 Å². The van der Waals surface area contributed by atoms with Crippen LogP contribution >= 0.6 is 0 Å². The van der Waals surface area contributed by atoms with Crippen molar-refractivity contribution in [3.63, 3.8) is 0 Å². The number of fused-ring (bicyclic) bond motifs is 1. The molecule has 0 aliphatic carbocycles. The zero-order chi connectivity index (χ0) is 18.1. The van der Waals surface area contributed by atoms with Crippen LogP contribution < -0.4 is 9.47 Å². The lowest BCUT2D eigenvalue weighted by Crippen LogP contribution is -2.18. The van der Waals surface area contributed by atoms with E-state index in [-0.39, 0.29) is 12.0 Å². The molecule has 2 heterocycles. The molecule has 0 amide bonds. The molecule has 1 saturated heterocycles. The summed E-state index contributed by atoms with van der Waals surface area (Å²) in [7, 11) is 3.00. The molecule has 6 heteroatoms. The Hall–Kier alpha value is -2.60. The first-order chi connectivity index (χ1) is 12.7. The Morgan fingerprint density at radius 3 is 2.77 bits per heavy atom. The summed E-state index contributed by atoms with van der Waals surface area (Å²) < 4.78 is 33.0. The summed E-state index contributed by atoms with van der Waals surface area (Å²) in [5.41, 5.74) is 2.10. The molecule has 1 fully saturated rings. The molecule has 1 aliphatic heterocycles. The summed E-state index contributed by atoms with van der Waals surface area (Å²) >= 11 is 0. The first kappa shape index (κ1) is 16.8. The van der Waals surface area contributed by atoms with Gasteiger partial charge >= 0.3 is 0 Å². The molecular weight excluding hydrogens is 335 g/mol. The highest BCUT2D eigenvalue weighted by Crippen LogP contribution is 2.36. The maximum Gasteiger partial charge on any atom is 0.173 e. The van der Waals surface area contributed by atoms with E-state index in [0.29, 0.717) is 11.3 Å². The third kappa shape index (κ3) is 2.90. The minimum Gasteiger partial charge on any atom is -0.497 e. The Morgan fingerprint density at radius 2 is 2.04 bits per heavy atom. The predicted octanol–water partition coefficient (Wildman–Crippen LogP) is 4.56. The Labute approximate surface area is 151 Å². The third-order valence-corrected chi connectivity index (χ3v) is 4.81. The highest BCUT2D eigenvalue weighted by atomic mass is 19.1. The monoisotopic (exact) mass is 356 g/mol. The van der Waals surface area contributed by atoms with Gasteiger partial charge in [-0.05, 0) is 37.0 Å². The molecule has 3 aromatic rings. The van der Waals surface area contributed by atoms with E-state index in [9.17, 15) is 4.39 Å². The van der Waals surface area contributed by atoms with Crippen molar-refractivity contribution in [3.05, 3.63) is 42.3 Å². The number of hydrogen-bond acceptors (Lipinski definition) is 4. The van der Waals surface area contributed by atoms with Gasteiger partial charge in [0.25, 0.3) is 0 Å². The molecule has 26 heavy (non-hydrogen) atoms. The van der Waals surface area contributed by atoms with Crippen molar-refractivity contribution in [2.75, 3.05) is 20.8 Å². The lowest BCUT2D eigenvalue weighted by atomic mass is 10.0. The fourth-order valence-electron chi connectivity index (χ4n) is 3.40. The van der Waals surface area contributed by atoms with Crippen LogP contribution in [0.1, 0.15) is 25.5 Å². The second-order valence-electron chi connectivity index (χ2n) is 6.38. The second kappa shape index (κ2) is 6.96. The van der Waals surface area contributed by atoms with E-state index >= 15 is 0 Å². The van der Waals surface area contributed by atoms with Crippen molar-refractivity contribution in [3.8, 4) is 22.6 Å². The van der Waals surface area contributed by atoms with E-state index < -0.39 is 5.82 Å². The number of hydrogen-bond donors (Lipinski definition) is 0. The molecule has 1 aliphatic rings. The van der Waals surface area contributed by atoms with Crippen LogP contribution in [0.5, 0.6) is 11.5 Å². The minimum atomic E-state index is -0.410. The topological polar surface area (TPSA) is 45.5 Å². The number of aromatic nitrogens is 2. The highest BCUT2D eigenvalue weighted by molar-refractivity contribution is 5.85. The van der Waals surface area contributed by atoms with Gasteiger partial charge in [0.05, 0.1) is 25.9 Å². The molecule has 5 nitrogen and oxygen atoms in total. The summed E-state index contributed by atoms with van der Waals surface area (Å²) in [5, 5.41) is 5.49. The number of rotatable bonds is 4. The largest absolute Gasteiger partial charge is 0.497 e. The highest BCUT2D eigenvalue weighted by Gasteiger charge is 2.20. The third-order valence-electron chi connectivity index (χ3n) is 4.81. The standard InChI is InChI=1S/C20H21FN2O3/c1-24-15-10-16(20(21)18(11-15)25-2)13-6-7-14-12-22-23(17(14)9-13)19-5-3-4-8-26-19/h6-7,9-12,19H,3-5,8H2,1-2H3. The number of halogens is 1. The van der Waals surface area contributed by atoms with Crippen molar-refractivity contribution in [1.82, 2.24) is 9.78 Å². The molecule has 0 saturated carbocycles. The molecule has 0 N–H and O–H groups in total. The van der Waals surface area contributed by atoms with Crippen LogP contribution in [0.15, 0.2) is 36.5 Å². The molecule has 2 aromatic carbocycles. The molecule has 4 rings (SSSR count). The van der Waals surface area contributed by atoms with E-state index in [0.717, 1.165) is 42.3 Å².